The smallest absolute Gasteiger partial charge is 0.309 e. The van der Waals surface area contributed by atoms with Crippen LogP contribution in [0.5, 0.6) is 0 Å². The van der Waals surface area contributed by atoms with Gasteiger partial charge in [-0.15, -0.1) is 0 Å². The van der Waals surface area contributed by atoms with Crippen molar-refractivity contribution in [2.75, 3.05) is 11.0 Å². The number of carbonyl (C=O) groups is 1. The van der Waals surface area contributed by atoms with Gasteiger partial charge < -0.3 is 9.84 Å². The van der Waals surface area contributed by atoms with Crippen molar-refractivity contribution in [2.45, 2.75) is 38.7 Å². The van der Waals surface area contributed by atoms with Crippen molar-refractivity contribution in [2.24, 2.45) is 11.8 Å². The van der Waals surface area contributed by atoms with E-state index in [2.05, 4.69) is 29.5 Å². The monoisotopic (exact) mass is 326 g/mol. The molecule has 1 aliphatic carbocycles. The Morgan fingerprint density at radius 3 is 2.60 bits per heavy atom. The Kier molecular flexibility index (Phi) is 5.89. The van der Waals surface area contributed by atoms with Gasteiger partial charge in [0.15, 0.2) is 0 Å². The molecule has 15 heavy (non-hydrogen) atoms. The molecular weight excluding hydrogens is 307 g/mol. The fourth-order valence-electron chi connectivity index (χ4n) is 1.84. The van der Waals surface area contributed by atoms with Crippen LogP contribution in [0.2, 0.25) is 0 Å². The van der Waals surface area contributed by atoms with Crippen molar-refractivity contribution in [1.82, 2.24) is 0 Å². The summed E-state index contributed by atoms with van der Waals surface area (Å²) in [7, 11) is 0. The van der Waals surface area contributed by atoms with E-state index in [1.807, 2.05) is 0 Å². The van der Waals surface area contributed by atoms with E-state index < -0.39 is 6.10 Å². The summed E-state index contributed by atoms with van der Waals surface area (Å²) in [4.78, 5) is 11.6. The number of aliphatic hydroxyl groups is 1. The summed E-state index contributed by atoms with van der Waals surface area (Å²) >= 11 is 2.08. The minimum absolute atomic E-state index is 0.0719. The highest BCUT2D eigenvalue weighted by Gasteiger charge is 2.25. The van der Waals surface area contributed by atoms with Gasteiger partial charge in [-0.05, 0) is 31.6 Å². The predicted octanol–water partition coefficient (Wildman–Crippen LogP) is 2.15. The van der Waals surface area contributed by atoms with E-state index in [-0.39, 0.29) is 18.5 Å². The maximum atomic E-state index is 11.6. The average molecular weight is 326 g/mol. The number of ether oxygens (including phenoxy) is 1. The topological polar surface area (TPSA) is 46.5 Å². The summed E-state index contributed by atoms with van der Waals surface area (Å²) in [6.45, 7) is 2.37. The average Bonchev–Trinajstić information content (AvgIpc) is 2.26. The van der Waals surface area contributed by atoms with Crippen molar-refractivity contribution < 1.29 is 14.6 Å². The third-order valence-corrected chi connectivity index (χ3v) is 3.96. The molecule has 0 bridgehead atoms. The summed E-state index contributed by atoms with van der Waals surface area (Å²) in [5.74, 6) is 0.697. The molecule has 1 atom stereocenters. The SMILES string of the molecule is CC1CCC(C(=O)OCC(O)CI)CC1. The van der Waals surface area contributed by atoms with Crippen molar-refractivity contribution in [3.05, 3.63) is 0 Å². The van der Waals surface area contributed by atoms with E-state index in [0.717, 1.165) is 31.6 Å². The summed E-state index contributed by atoms with van der Waals surface area (Å²) in [5.41, 5.74) is 0. The number of halogens is 1. The summed E-state index contributed by atoms with van der Waals surface area (Å²) in [6, 6.07) is 0. The number of carbonyl (C=O) groups excluding carboxylic acids is 1. The number of rotatable bonds is 4. The van der Waals surface area contributed by atoms with E-state index in [1.165, 1.54) is 0 Å². The fourth-order valence-corrected chi connectivity index (χ4v) is 2.09. The molecule has 0 spiro atoms. The van der Waals surface area contributed by atoms with Crippen LogP contribution in [0.15, 0.2) is 0 Å². The molecule has 3 nitrogen and oxygen atoms in total. The van der Waals surface area contributed by atoms with Gasteiger partial charge in [0.2, 0.25) is 0 Å². The van der Waals surface area contributed by atoms with Crippen LogP contribution in [0.1, 0.15) is 32.6 Å². The summed E-state index contributed by atoms with van der Waals surface area (Å²) in [6.07, 6.45) is 3.61. The molecule has 1 saturated carbocycles. The Morgan fingerprint density at radius 2 is 2.07 bits per heavy atom. The molecule has 0 saturated heterocycles. The van der Waals surface area contributed by atoms with Gasteiger partial charge in [-0.1, -0.05) is 29.5 Å². The molecule has 1 rings (SSSR count). The van der Waals surface area contributed by atoms with E-state index in [1.54, 1.807) is 0 Å². The predicted molar refractivity (Wildman–Crippen MR) is 67.0 cm³/mol. The normalized spacial score (nSPS) is 28.5. The van der Waals surface area contributed by atoms with E-state index in [9.17, 15) is 9.90 Å². The zero-order valence-corrected chi connectivity index (χ0v) is 11.3. The second-order valence-corrected chi connectivity index (χ2v) is 5.28. The minimum Gasteiger partial charge on any atom is -0.463 e. The minimum atomic E-state index is -0.517. The van der Waals surface area contributed by atoms with E-state index >= 15 is 0 Å². The van der Waals surface area contributed by atoms with Crippen LogP contribution < -0.4 is 0 Å². The molecule has 0 aromatic heterocycles. The lowest BCUT2D eigenvalue weighted by Gasteiger charge is -2.24. The molecule has 0 heterocycles. The maximum Gasteiger partial charge on any atom is 0.309 e. The van der Waals surface area contributed by atoms with Gasteiger partial charge in [0.1, 0.15) is 6.61 Å². The van der Waals surface area contributed by atoms with Crippen molar-refractivity contribution in [3.8, 4) is 0 Å². The lowest BCUT2D eigenvalue weighted by Crippen LogP contribution is -2.26. The van der Waals surface area contributed by atoms with Crippen LogP contribution in [0, 0.1) is 11.8 Å². The van der Waals surface area contributed by atoms with Gasteiger partial charge in [-0.2, -0.15) is 0 Å². The highest BCUT2D eigenvalue weighted by Crippen LogP contribution is 2.28. The molecule has 88 valence electrons. The molecule has 0 amide bonds. The Hall–Kier alpha value is 0.160. The van der Waals surface area contributed by atoms with Crippen molar-refractivity contribution >= 4 is 28.6 Å². The van der Waals surface area contributed by atoms with Crippen LogP contribution in [-0.2, 0) is 9.53 Å². The standard InChI is InChI=1S/C11H19IO3/c1-8-2-4-9(5-3-8)11(14)15-7-10(13)6-12/h8-10,13H,2-7H2,1H3. The first-order valence-electron chi connectivity index (χ1n) is 5.54. The van der Waals surface area contributed by atoms with Crippen molar-refractivity contribution in [3.63, 3.8) is 0 Å². The van der Waals surface area contributed by atoms with Gasteiger partial charge in [0, 0.05) is 4.43 Å². The first-order chi connectivity index (χ1) is 7.13. The first kappa shape index (κ1) is 13.2. The van der Waals surface area contributed by atoms with Crippen LogP contribution in [0.3, 0.4) is 0 Å². The summed E-state index contributed by atoms with van der Waals surface area (Å²) in [5, 5.41) is 9.26. The number of hydrogen-bond acceptors (Lipinski definition) is 3. The number of alkyl halides is 1. The van der Waals surface area contributed by atoms with Crippen LogP contribution >= 0.6 is 22.6 Å². The Bertz CT molecular complexity index is 200. The molecule has 1 fully saturated rings. The lowest BCUT2D eigenvalue weighted by atomic mass is 9.83. The maximum absolute atomic E-state index is 11.6. The zero-order chi connectivity index (χ0) is 11.3. The molecule has 0 aromatic rings. The second-order valence-electron chi connectivity index (χ2n) is 4.39. The Balaban J connectivity index is 2.22. The largest absolute Gasteiger partial charge is 0.463 e. The number of esters is 1. The van der Waals surface area contributed by atoms with E-state index in [0.29, 0.717) is 4.43 Å². The molecule has 0 radical (unpaired) electrons. The third kappa shape index (κ3) is 4.68. The lowest BCUT2D eigenvalue weighted by molar-refractivity contribution is -0.152. The molecule has 1 unspecified atom stereocenters. The first-order valence-corrected chi connectivity index (χ1v) is 7.06. The van der Waals surface area contributed by atoms with Gasteiger partial charge in [-0.25, -0.2) is 0 Å². The Labute approximate surface area is 105 Å². The fraction of sp³-hybridized carbons (Fsp3) is 0.909. The van der Waals surface area contributed by atoms with E-state index in [4.69, 9.17) is 4.74 Å². The van der Waals surface area contributed by atoms with Gasteiger partial charge >= 0.3 is 5.97 Å². The number of hydrogen-bond donors (Lipinski definition) is 1. The van der Waals surface area contributed by atoms with Gasteiger partial charge in [0.25, 0.3) is 0 Å². The molecular formula is C11H19IO3. The van der Waals surface area contributed by atoms with Gasteiger partial charge in [-0.3, -0.25) is 4.79 Å². The number of aliphatic hydroxyl groups excluding tert-OH is 1. The van der Waals surface area contributed by atoms with Gasteiger partial charge in [0.05, 0.1) is 12.0 Å². The third-order valence-electron chi connectivity index (χ3n) is 2.95. The molecule has 1 N–H and O–H groups in total. The summed E-state index contributed by atoms with van der Waals surface area (Å²) < 4.78 is 5.68. The van der Waals surface area contributed by atoms with Crippen molar-refractivity contribution in [1.29, 1.82) is 0 Å². The molecule has 1 aliphatic rings. The highest BCUT2D eigenvalue weighted by molar-refractivity contribution is 14.1. The molecule has 4 heteroatoms. The zero-order valence-electron chi connectivity index (χ0n) is 9.12. The second kappa shape index (κ2) is 6.68. The Morgan fingerprint density at radius 1 is 1.47 bits per heavy atom. The van der Waals surface area contributed by atoms with Crippen LogP contribution in [-0.4, -0.2) is 28.2 Å². The quantitative estimate of drug-likeness (QED) is 0.489. The molecule has 0 aliphatic heterocycles. The highest BCUT2D eigenvalue weighted by atomic mass is 127. The molecule has 0 aromatic carbocycles. The van der Waals surface area contributed by atoms with Crippen LogP contribution in [0.4, 0.5) is 0 Å². The van der Waals surface area contributed by atoms with Crippen LogP contribution in [0.25, 0.3) is 0 Å².